The van der Waals surface area contributed by atoms with E-state index >= 15 is 0 Å². The summed E-state index contributed by atoms with van der Waals surface area (Å²) in [6.45, 7) is 10.1. The molecular formula is C8H18NSi. The van der Waals surface area contributed by atoms with Crippen molar-refractivity contribution < 1.29 is 0 Å². The SMILES string of the molecule is CC(C)N(CC[Si])C(C)C. The zero-order valence-corrected chi connectivity index (χ0v) is 8.52. The van der Waals surface area contributed by atoms with Gasteiger partial charge in [0.2, 0.25) is 0 Å². The Kier molecular flexibility index (Phi) is 5.00. The van der Waals surface area contributed by atoms with Crippen LogP contribution >= 0.6 is 0 Å². The van der Waals surface area contributed by atoms with E-state index < -0.39 is 0 Å². The van der Waals surface area contributed by atoms with Crippen LogP contribution in [0.3, 0.4) is 0 Å². The van der Waals surface area contributed by atoms with Crippen LogP contribution in [0.5, 0.6) is 0 Å². The zero-order chi connectivity index (χ0) is 8.15. The molecule has 0 aromatic heterocycles. The van der Waals surface area contributed by atoms with Crippen LogP contribution in [0.15, 0.2) is 0 Å². The molecule has 10 heavy (non-hydrogen) atoms. The third kappa shape index (κ3) is 3.37. The molecule has 0 aliphatic heterocycles. The van der Waals surface area contributed by atoms with E-state index in [4.69, 9.17) is 0 Å². The maximum Gasteiger partial charge on any atom is 0.0238 e. The van der Waals surface area contributed by atoms with E-state index in [1.54, 1.807) is 0 Å². The molecule has 0 rings (SSSR count). The molecule has 0 amide bonds. The summed E-state index contributed by atoms with van der Waals surface area (Å²) >= 11 is 0. The lowest BCUT2D eigenvalue weighted by atomic mass is 10.2. The Morgan fingerprint density at radius 3 is 1.60 bits per heavy atom. The highest BCUT2D eigenvalue weighted by molar-refractivity contribution is 6.08. The van der Waals surface area contributed by atoms with E-state index in [0.717, 1.165) is 12.6 Å². The van der Waals surface area contributed by atoms with Crippen LogP contribution < -0.4 is 0 Å². The van der Waals surface area contributed by atoms with Crippen LogP contribution in [0.1, 0.15) is 27.7 Å². The fourth-order valence-corrected chi connectivity index (χ4v) is 1.50. The Morgan fingerprint density at radius 2 is 1.50 bits per heavy atom. The van der Waals surface area contributed by atoms with Crippen molar-refractivity contribution in [1.82, 2.24) is 4.90 Å². The third-order valence-electron chi connectivity index (χ3n) is 1.70. The normalized spacial score (nSPS) is 12.0. The highest BCUT2D eigenvalue weighted by Crippen LogP contribution is 2.04. The van der Waals surface area contributed by atoms with Crippen molar-refractivity contribution in [3.05, 3.63) is 0 Å². The molecule has 0 bridgehead atoms. The molecule has 0 fully saturated rings. The maximum atomic E-state index is 3.49. The molecule has 0 aliphatic rings. The summed E-state index contributed by atoms with van der Waals surface area (Å²) in [6, 6.07) is 2.39. The van der Waals surface area contributed by atoms with E-state index in [-0.39, 0.29) is 0 Å². The van der Waals surface area contributed by atoms with Crippen molar-refractivity contribution in [2.24, 2.45) is 0 Å². The molecule has 2 heteroatoms. The number of rotatable bonds is 4. The highest BCUT2D eigenvalue weighted by atomic mass is 28.1. The molecular weight excluding hydrogens is 138 g/mol. The van der Waals surface area contributed by atoms with Crippen LogP contribution in [0.4, 0.5) is 0 Å². The van der Waals surface area contributed by atoms with Crippen LogP contribution in [0.2, 0.25) is 6.04 Å². The van der Waals surface area contributed by atoms with E-state index in [9.17, 15) is 0 Å². The van der Waals surface area contributed by atoms with Gasteiger partial charge in [-0.2, -0.15) is 0 Å². The predicted molar refractivity (Wildman–Crippen MR) is 47.5 cm³/mol. The molecule has 0 atom stereocenters. The van der Waals surface area contributed by atoms with E-state index in [1.807, 2.05) is 0 Å². The molecule has 0 unspecified atom stereocenters. The lowest BCUT2D eigenvalue weighted by Gasteiger charge is -2.29. The lowest BCUT2D eigenvalue weighted by molar-refractivity contribution is 0.185. The molecule has 0 aromatic carbocycles. The molecule has 0 spiro atoms. The van der Waals surface area contributed by atoms with Gasteiger partial charge >= 0.3 is 0 Å². The first-order chi connectivity index (χ1) is 4.59. The van der Waals surface area contributed by atoms with Crippen molar-refractivity contribution in [1.29, 1.82) is 0 Å². The fourth-order valence-electron chi connectivity index (χ4n) is 1.24. The van der Waals surface area contributed by atoms with Gasteiger partial charge in [0.15, 0.2) is 0 Å². The summed E-state index contributed by atoms with van der Waals surface area (Å²) in [6.07, 6.45) is 0. The van der Waals surface area contributed by atoms with Crippen molar-refractivity contribution in [3.8, 4) is 0 Å². The molecule has 3 radical (unpaired) electrons. The molecule has 0 saturated heterocycles. The molecule has 1 nitrogen and oxygen atoms in total. The minimum atomic E-state index is 0.663. The summed E-state index contributed by atoms with van der Waals surface area (Å²) in [7, 11) is 3.49. The van der Waals surface area contributed by atoms with Crippen LogP contribution in [-0.2, 0) is 0 Å². The molecule has 0 N–H and O–H groups in total. The summed E-state index contributed by atoms with van der Waals surface area (Å²) in [5.74, 6) is 0. The second-order valence-electron chi connectivity index (χ2n) is 3.18. The summed E-state index contributed by atoms with van der Waals surface area (Å²) < 4.78 is 0. The largest absolute Gasteiger partial charge is 0.299 e. The first-order valence-electron chi connectivity index (χ1n) is 4.00. The molecule has 0 aromatic rings. The Hall–Kier alpha value is 0.177. The van der Waals surface area contributed by atoms with Crippen molar-refractivity contribution in [2.75, 3.05) is 6.54 Å². The quantitative estimate of drug-likeness (QED) is 0.560. The van der Waals surface area contributed by atoms with Crippen LogP contribution in [0.25, 0.3) is 0 Å². The minimum absolute atomic E-state index is 0.663. The second-order valence-corrected chi connectivity index (χ2v) is 3.68. The van der Waals surface area contributed by atoms with Gasteiger partial charge < -0.3 is 0 Å². The highest BCUT2D eigenvalue weighted by Gasteiger charge is 2.10. The van der Waals surface area contributed by atoms with Crippen molar-refractivity contribution in [3.63, 3.8) is 0 Å². The van der Waals surface area contributed by atoms with Gasteiger partial charge in [-0.3, -0.25) is 4.90 Å². The van der Waals surface area contributed by atoms with Crippen LogP contribution in [0, 0.1) is 0 Å². The number of hydrogen-bond donors (Lipinski definition) is 0. The summed E-state index contributed by atoms with van der Waals surface area (Å²) in [4.78, 5) is 2.47. The monoisotopic (exact) mass is 156 g/mol. The zero-order valence-electron chi connectivity index (χ0n) is 7.52. The molecule has 0 aliphatic carbocycles. The van der Waals surface area contributed by atoms with Crippen LogP contribution in [-0.4, -0.2) is 33.8 Å². The lowest BCUT2D eigenvalue weighted by Crippen LogP contribution is -2.37. The summed E-state index contributed by atoms with van der Waals surface area (Å²) in [5, 5.41) is 0. The molecule has 0 heterocycles. The fraction of sp³-hybridized carbons (Fsp3) is 1.00. The van der Waals surface area contributed by atoms with Gasteiger partial charge in [-0.1, -0.05) is 6.04 Å². The second kappa shape index (κ2) is 4.91. The van der Waals surface area contributed by atoms with Gasteiger partial charge in [-0.25, -0.2) is 0 Å². The third-order valence-corrected chi connectivity index (χ3v) is 1.92. The van der Waals surface area contributed by atoms with Gasteiger partial charge in [-0.05, 0) is 34.2 Å². The Morgan fingerprint density at radius 1 is 1.10 bits per heavy atom. The Balaban J connectivity index is 3.73. The first-order valence-corrected chi connectivity index (χ1v) is 4.70. The standard InChI is InChI=1S/C8H18NSi/c1-7(2)9(5-6-10)8(3)4/h7-8H,5-6H2,1-4H3. The van der Waals surface area contributed by atoms with Crippen molar-refractivity contribution >= 4 is 10.2 Å². The Labute approximate surface area is 68.2 Å². The average molecular weight is 156 g/mol. The smallest absolute Gasteiger partial charge is 0.0238 e. The van der Waals surface area contributed by atoms with E-state index in [1.165, 1.54) is 0 Å². The van der Waals surface area contributed by atoms with Gasteiger partial charge in [-0.15, -0.1) is 0 Å². The molecule has 0 saturated carbocycles. The Bertz CT molecular complexity index is 73.3. The van der Waals surface area contributed by atoms with Crippen molar-refractivity contribution in [2.45, 2.75) is 45.8 Å². The number of hydrogen-bond acceptors (Lipinski definition) is 1. The van der Waals surface area contributed by atoms with E-state index in [0.29, 0.717) is 12.1 Å². The maximum absolute atomic E-state index is 3.49. The minimum Gasteiger partial charge on any atom is -0.299 e. The van der Waals surface area contributed by atoms with Gasteiger partial charge in [0.05, 0.1) is 0 Å². The van der Waals surface area contributed by atoms with Gasteiger partial charge in [0.25, 0.3) is 0 Å². The summed E-state index contributed by atoms with van der Waals surface area (Å²) in [5.41, 5.74) is 0. The van der Waals surface area contributed by atoms with Gasteiger partial charge in [0.1, 0.15) is 0 Å². The molecule has 59 valence electrons. The van der Waals surface area contributed by atoms with Gasteiger partial charge in [0, 0.05) is 22.3 Å². The average Bonchev–Trinajstić information content (AvgIpc) is 1.81. The van der Waals surface area contributed by atoms with E-state index in [2.05, 4.69) is 42.8 Å². The topological polar surface area (TPSA) is 3.24 Å². The first kappa shape index (κ1) is 10.2. The predicted octanol–water partition coefficient (Wildman–Crippen LogP) is 1.69. The number of nitrogens with zero attached hydrogens (tertiary/aromatic N) is 1.